The Hall–Kier alpha value is -3.33. The number of alkyl carbamates (subject to hydrolysis) is 1. The number of hydrogen-bond donors (Lipinski definition) is 1. The van der Waals surface area contributed by atoms with Gasteiger partial charge in [0, 0.05) is 18.4 Å². The smallest absolute Gasteiger partial charge is 0.408 e. The SMILES string of the molecule is O=C(NC(c1nc2cc(C(=O)C3COC3)ccc2o1)C1CCC(F)(F)CC1)OCc1ccccc1. The van der Waals surface area contributed by atoms with E-state index in [9.17, 15) is 18.4 Å². The van der Waals surface area contributed by atoms with Crippen LogP contribution in [0.15, 0.2) is 52.9 Å². The number of carbonyl (C=O) groups is 2. The van der Waals surface area contributed by atoms with E-state index in [2.05, 4.69) is 10.3 Å². The molecule has 1 aliphatic carbocycles. The highest BCUT2D eigenvalue weighted by atomic mass is 19.3. The van der Waals surface area contributed by atoms with Crippen molar-refractivity contribution in [2.24, 2.45) is 11.8 Å². The number of Topliss-reactive ketones (excluding diaryl/α,β-unsaturated/α-hetero) is 1. The summed E-state index contributed by atoms with van der Waals surface area (Å²) in [6.45, 7) is 0.890. The number of nitrogens with one attached hydrogen (secondary N) is 1. The Morgan fingerprint density at radius 3 is 2.54 bits per heavy atom. The van der Waals surface area contributed by atoms with Gasteiger partial charge in [-0.1, -0.05) is 30.3 Å². The van der Waals surface area contributed by atoms with Crippen LogP contribution in [-0.4, -0.2) is 36.0 Å². The normalized spacial score (nSPS) is 19.1. The van der Waals surface area contributed by atoms with Gasteiger partial charge in [-0.2, -0.15) is 0 Å². The number of nitrogens with zero attached hydrogens (tertiary/aromatic N) is 1. The molecule has 35 heavy (non-hydrogen) atoms. The molecule has 0 radical (unpaired) electrons. The second kappa shape index (κ2) is 9.73. The van der Waals surface area contributed by atoms with Gasteiger partial charge < -0.3 is 19.2 Å². The molecule has 1 N–H and O–H groups in total. The molecule has 7 nitrogen and oxygen atoms in total. The predicted molar refractivity (Wildman–Crippen MR) is 122 cm³/mol. The number of oxazole rings is 1. The Morgan fingerprint density at radius 2 is 1.86 bits per heavy atom. The largest absolute Gasteiger partial charge is 0.445 e. The van der Waals surface area contributed by atoms with E-state index in [0.29, 0.717) is 29.9 Å². The number of ether oxygens (including phenoxy) is 2. The first kappa shape index (κ1) is 23.4. The summed E-state index contributed by atoms with van der Waals surface area (Å²) in [5, 5.41) is 2.79. The number of carbonyl (C=O) groups excluding carboxylic acids is 2. The maximum atomic E-state index is 13.8. The molecule has 1 saturated carbocycles. The molecule has 3 aromatic rings. The van der Waals surface area contributed by atoms with Crippen molar-refractivity contribution in [2.75, 3.05) is 13.2 Å². The van der Waals surface area contributed by atoms with Crippen LogP contribution >= 0.6 is 0 Å². The van der Waals surface area contributed by atoms with E-state index in [1.807, 2.05) is 30.3 Å². The zero-order chi connectivity index (χ0) is 24.4. The van der Waals surface area contributed by atoms with Gasteiger partial charge in [0.2, 0.25) is 11.8 Å². The minimum atomic E-state index is -2.71. The molecule has 2 heterocycles. The summed E-state index contributed by atoms with van der Waals surface area (Å²) in [5.41, 5.74) is 2.26. The average molecular weight is 484 g/mol. The highest BCUT2D eigenvalue weighted by molar-refractivity contribution is 6.00. The van der Waals surface area contributed by atoms with Crippen LogP contribution in [0, 0.1) is 11.8 Å². The topological polar surface area (TPSA) is 90.7 Å². The molecule has 0 spiro atoms. The lowest BCUT2D eigenvalue weighted by Gasteiger charge is -2.32. The van der Waals surface area contributed by atoms with Gasteiger partial charge in [0.1, 0.15) is 18.2 Å². The zero-order valence-electron chi connectivity index (χ0n) is 19.0. The van der Waals surface area contributed by atoms with E-state index in [4.69, 9.17) is 13.9 Å². The van der Waals surface area contributed by atoms with E-state index in [0.717, 1.165) is 5.56 Å². The fourth-order valence-corrected chi connectivity index (χ4v) is 4.52. The summed E-state index contributed by atoms with van der Waals surface area (Å²) in [6.07, 6.45) is -0.796. The summed E-state index contributed by atoms with van der Waals surface area (Å²) in [6, 6.07) is 13.5. The third kappa shape index (κ3) is 5.35. The summed E-state index contributed by atoms with van der Waals surface area (Å²) in [5.74, 6) is -2.96. The van der Waals surface area contributed by atoms with Crippen LogP contribution in [0.3, 0.4) is 0 Å². The third-order valence-electron chi connectivity index (χ3n) is 6.68. The van der Waals surface area contributed by atoms with Crippen molar-refractivity contribution in [1.82, 2.24) is 10.3 Å². The number of hydrogen-bond acceptors (Lipinski definition) is 6. The Morgan fingerprint density at radius 1 is 1.11 bits per heavy atom. The molecule has 1 saturated heterocycles. The molecule has 1 amide bonds. The first-order valence-electron chi connectivity index (χ1n) is 11.8. The Kier molecular flexibility index (Phi) is 6.51. The number of ketones is 1. The molecule has 5 rings (SSSR count). The van der Waals surface area contributed by atoms with E-state index in [1.54, 1.807) is 18.2 Å². The molecular weight excluding hydrogens is 458 g/mol. The van der Waals surface area contributed by atoms with Gasteiger partial charge in [-0.3, -0.25) is 4.79 Å². The third-order valence-corrected chi connectivity index (χ3v) is 6.68. The van der Waals surface area contributed by atoms with Crippen LogP contribution in [0.5, 0.6) is 0 Å². The second-order valence-corrected chi connectivity index (χ2v) is 9.21. The zero-order valence-corrected chi connectivity index (χ0v) is 19.0. The molecule has 9 heteroatoms. The van der Waals surface area contributed by atoms with Crippen molar-refractivity contribution in [2.45, 2.75) is 44.3 Å². The lowest BCUT2D eigenvalue weighted by Crippen LogP contribution is -2.37. The van der Waals surface area contributed by atoms with Crippen molar-refractivity contribution >= 4 is 23.0 Å². The molecule has 184 valence electrons. The van der Waals surface area contributed by atoms with E-state index >= 15 is 0 Å². The summed E-state index contributed by atoms with van der Waals surface area (Å²) < 4.78 is 44.0. The lowest BCUT2D eigenvalue weighted by atomic mass is 9.82. The molecule has 2 fully saturated rings. The van der Waals surface area contributed by atoms with Gasteiger partial charge in [-0.25, -0.2) is 18.6 Å². The minimum Gasteiger partial charge on any atom is -0.445 e. The van der Waals surface area contributed by atoms with Crippen LogP contribution in [0.2, 0.25) is 0 Å². The number of aromatic nitrogens is 1. The average Bonchev–Trinajstić information content (AvgIpc) is 3.24. The van der Waals surface area contributed by atoms with Crippen LogP contribution in [0.1, 0.15) is 53.5 Å². The predicted octanol–water partition coefficient (Wildman–Crippen LogP) is 5.45. The fraction of sp³-hybridized carbons (Fsp3) is 0.423. The summed E-state index contributed by atoms with van der Waals surface area (Å²) in [7, 11) is 0. The summed E-state index contributed by atoms with van der Waals surface area (Å²) >= 11 is 0. The van der Waals surface area contributed by atoms with E-state index < -0.39 is 18.1 Å². The highest BCUT2D eigenvalue weighted by Gasteiger charge is 2.40. The van der Waals surface area contributed by atoms with Crippen molar-refractivity contribution in [3.63, 3.8) is 0 Å². The molecule has 0 bridgehead atoms. The Balaban J connectivity index is 1.36. The van der Waals surface area contributed by atoms with Crippen LogP contribution in [-0.2, 0) is 16.1 Å². The van der Waals surface area contributed by atoms with Gasteiger partial charge >= 0.3 is 6.09 Å². The molecule has 2 aromatic carbocycles. The number of rotatable bonds is 7. The fourth-order valence-electron chi connectivity index (χ4n) is 4.52. The maximum Gasteiger partial charge on any atom is 0.408 e. The van der Waals surface area contributed by atoms with Gasteiger partial charge in [0.25, 0.3) is 0 Å². The van der Waals surface area contributed by atoms with Crippen molar-refractivity contribution < 1.29 is 32.3 Å². The number of alkyl halides is 2. The van der Waals surface area contributed by atoms with Gasteiger partial charge in [-0.15, -0.1) is 0 Å². The molecule has 1 atom stereocenters. The Labute approximate surface area is 200 Å². The highest BCUT2D eigenvalue weighted by Crippen LogP contribution is 2.41. The van der Waals surface area contributed by atoms with Gasteiger partial charge in [-0.05, 0) is 42.5 Å². The summed E-state index contributed by atoms with van der Waals surface area (Å²) in [4.78, 5) is 29.7. The lowest BCUT2D eigenvalue weighted by molar-refractivity contribution is -0.0505. The van der Waals surface area contributed by atoms with Gasteiger partial charge in [0.15, 0.2) is 11.4 Å². The van der Waals surface area contributed by atoms with Crippen LogP contribution < -0.4 is 5.32 Å². The first-order chi connectivity index (χ1) is 16.9. The molecule has 1 unspecified atom stereocenters. The molecule has 1 aliphatic heterocycles. The number of halogens is 2. The molecule has 2 aliphatic rings. The molecular formula is C26H26F2N2O5. The van der Waals surface area contributed by atoms with Crippen molar-refractivity contribution in [3.05, 3.63) is 65.5 Å². The monoisotopic (exact) mass is 484 g/mol. The van der Waals surface area contributed by atoms with E-state index in [1.165, 1.54) is 0 Å². The number of fused-ring (bicyclic) bond motifs is 1. The quantitative estimate of drug-likeness (QED) is 0.449. The number of benzene rings is 2. The molecule has 1 aromatic heterocycles. The maximum absolute atomic E-state index is 13.8. The minimum absolute atomic E-state index is 0.0172. The van der Waals surface area contributed by atoms with Crippen molar-refractivity contribution in [3.8, 4) is 0 Å². The standard InChI is InChI=1S/C26H26F2N2O5/c27-26(28)10-8-17(9-11-26)22(30-25(32)34-13-16-4-2-1-3-5-16)24-29-20-12-18(6-7-21(20)35-24)23(31)19-14-33-15-19/h1-7,12,17,19,22H,8-11,13-15H2,(H,30,32). The Bertz CT molecular complexity index is 1200. The van der Waals surface area contributed by atoms with Gasteiger partial charge in [0.05, 0.1) is 19.1 Å². The van der Waals surface area contributed by atoms with Crippen LogP contribution in [0.4, 0.5) is 13.6 Å². The second-order valence-electron chi connectivity index (χ2n) is 9.21. The van der Waals surface area contributed by atoms with Crippen LogP contribution in [0.25, 0.3) is 11.1 Å². The first-order valence-corrected chi connectivity index (χ1v) is 11.8. The number of amides is 1. The van der Waals surface area contributed by atoms with E-state index in [-0.39, 0.29) is 55.8 Å². The van der Waals surface area contributed by atoms with Crippen molar-refractivity contribution in [1.29, 1.82) is 0 Å².